The molecule has 0 bridgehead atoms. The van der Waals surface area contributed by atoms with Crippen molar-refractivity contribution in [3.63, 3.8) is 0 Å². The number of carbonyl (C=O) groups is 2. The van der Waals surface area contributed by atoms with Crippen molar-refractivity contribution in [1.29, 1.82) is 0 Å². The van der Waals surface area contributed by atoms with Crippen LogP contribution in [0.4, 0.5) is 13.2 Å². The molecule has 126 valence electrons. The molecule has 7 heteroatoms. The zero-order valence-corrected chi connectivity index (χ0v) is 12.6. The highest BCUT2D eigenvalue weighted by Gasteiger charge is 2.30. The van der Waals surface area contributed by atoms with Crippen LogP contribution in [0.1, 0.15) is 26.3 Å². The molecule has 0 spiro atoms. The third-order valence-electron chi connectivity index (χ3n) is 3.17. The molecule has 0 fully saturated rings. The number of esters is 1. The average molecular weight is 338 g/mol. The second-order valence-corrected chi connectivity index (χ2v) is 4.81. The van der Waals surface area contributed by atoms with Gasteiger partial charge in [-0.3, -0.25) is 4.79 Å². The van der Waals surface area contributed by atoms with E-state index in [1.165, 1.54) is 25.3 Å². The van der Waals surface area contributed by atoms with Crippen molar-refractivity contribution in [2.75, 3.05) is 13.7 Å². The van der Waals surface area contributed by atoms with E-state index in [0.717, 1.165) is 18.2 Å². The summed E-state index contributed by atoms with van der Waals surface area (Å²) in [6.07, 6.45) is -4.55. The largest absolute Gasteiger partial charge is 0.497 e. The minimum atomic E-state index is -4.55. The lowest BCUT2D eigenvalue weighted by Gasteiger charge is -2.09. The van der Waals surface area contributed by atoms with Crippen LogP contribution in [0.15, 0.2) is 48.5 Å². The van der Waals surface area contributed by atoms with Crippen molar-refractivity contribution in [3.05, 3.63) is 65.2 Å². The van der Waals surface area contributed by atoms with Gasteiger partial charge in [0.15, 0.2) is 12.4 Å². The van der Waals surface area contributed by atoms with E-state index in [0.29, 0.717) is 5.75 Å². The summed E-state index contributed by atoms with van der Waals surface area (Å²) in [4.78, 5) is 23.7. The van der Waals surface area contributed by atoms with Crippen molar-refractivity contribution in [2.24, 2.45) is 0 Å². The van der Waals surface area contributed by atoms with E-state index in [-0.39, 0.29) is 11.1 Å². The van der Waals surface area contributed by atoms with Gasteiger partial charge in [0.25, 0.3) is 0 Å². The number of hydrogen-bond donors (Lipinski definition) is 0. The lowest BCUT2D eigenvalue weighted by molar-refractivity contribution is -0.137. The van der Waals surface area contributed by atoms with Crippen molar-refractivity contribution in [3.8, 4) is 5.75 Å². The third kappa shape index (κ3) is 4.34. The van der Waals surface area contributed by atoms with Gasteiger partial charge in [0.1, 0.15) is 5.75 Å². The Hall–Kier alpha value is -2.83. The molecule has 0 aliphatic rings. The standard InChI is InChI=1S/C17H13F3O4/c1-23-14-7-5-11(6-8-14)16(22)24-10-15(21)12-3-2-4-13(9-12)17(18,19)20/h2-9H,10H2,1H3. The van der Waals surface area contributed by atoms with Crippen LogP contribution >= 0.6 is 0 Å². The number of carbonyl (C=O) groups excluding carboxylic acids is 2. The molecule has 2 aromatic carbocycles. The van der Waals surface area contributed by atoms with Gasteiger partial charge in [-0.2, -0.15) is 13.2 Å². The molecule has 0 saturated heterocycles. The van der Waals surface area contributed by atoms with E-state index in [2.05, 4.69) is 0 Å². The van der Waals surface area contributed by atoms with E-state index in [4.69, 9.17) is 9.47 Å². The van der Waals surface area contributed by atoms with Crippen LogP contribution < -0.4 is 4.74 Å². The first-order valence-corrected chi connectivity index (χ1v) is 6.83. The number of alkyl halides is 3. The molecule has 0 saturated carbocycles. The highest BCUT2D eigenvalue weighted by molar-refractivity contribution is 5.99. The average Bonchev–Trinajstić information content (AvgIpc) is 2.58. The van der Waals surface area contributed by atoms with Gasteiger partial charge in [0.2, 0.25) is 0 Å². The number of methoxy groups -OCH3 is 1. The maximum atomic E-state index is 12.6. The molecular weight excluding hydrogens is 325 g/mol. The number of ether oxygens (including phenoxy) is 2. The van der Waals surface area contributed by atoms with Crippen LogP contribution in [0, 0.1) is 0 Å². The number of Topliss-reactive ketones (excluding diaryl/α,β-unsaturated/α-hetero) is 1. The molecule has 0 aliphatic heterocycles. The zero-order chi connectivity index (χ0) is 17.7. The van der Waals surface area contributed by atoms with E-state index in [1.807, 2.05) is 0 Å². The van der Waals surface area contributed by atoms with Gasteiger partial charge < -0.3 is 9.47 Å². The molecule has 0 amide bonds. The molecule has 0 radical (unpaired) electrons. The fraction of sp³-hybridized carbons (Fsp3) is 0.176. The topological polar surface area (TPSA) is 52.6 Å². The van der Waals surface area contributed by atoms with E-state index in [1.54, 1.807) is 12.1 Å². The summed E-state index contributed by atoms with van der Waals surface area (Å²) >= 11 is 0. The van der Waals surface area contributed by atoms with Crippen molar-refractivity contribution >= 4 is 11.8 Å². The van der Waals surface area contributed by atoms with E-state index >= 15 is 0 Å². The first kappa shape index (κ1) is 17.5. The summed E-state index contributed by atoms with van der Waals surface area (Å²) in [7, 11) is 1.47. The molecule has 2 rings (SSSR count). The number of benzene rings is 2. The fourth-order valence-electron chi connectivity index (χ4n) is 1.89. The van der Waals surface area contributed by atoms with Crippen molar-refractivity contribution in [1.82, 2.24) is 0 Å². The summed E-state index contributed by atoms with van der Waals surface area (Å²) in [5.74, 6) is -0.924. The molecule has 0 atom stereocenters. The maximum absolute atomic E-state index is 12.6. The predicted octanol–water partition coefficient (Wildman–Crippen LogP) is 3.75. The lowest BCUT2D eigenvalue weighted by atomic mass is 10.1. The molecule has 0 unspecified atom stereocenters. The zero-order valence-electron chi connectivity index (χ0n) is 12.6. The first-order valence-electron chi connectivity index (χ1n) is 6.83. The molecular formula is C17H13F3O4. The highest BCUT2D eigenvalue weighted by atomic mass is 19.4. The van der Waals surface area contributed by atoms with E-state index in [9.17, 15) is 22.8 Å². The highest BCUT2D eigenvalue weighted by Crippen LogP contribution is 2.29. The number of rotatable bonds is 5. The molecule has 0 N–H and O–H groups in total. The van der Waals surface area contributed by atoms with Crippen molar-refractivity contribution < 1.29 is 32.2 Å². The predicted molar refractivity (Wildman–Crippen MR) is 79.1 cm³/mol. The molecule has 0 aromatic heterocycles. The third-order valence-corrected chi connectivity index (χ3v) is 3.17. The summed E-state index contributed by atoms with van der Waals surface area (Å²) in [5, 5.41) is 0. The van der Waals surface area contributed by atoms with Gasteiger partial charge in [0.05, 0.1) is 18.2 Å². The first-order chi connectivity index (χ1) is 11.3. The normalized spacial score (nSPS) is 11.0. The Morgan fingerprint density at radius 3 is 2.25 bits per heavy atom. The molecule has 0 aliphatic carbocycles. The van der Waals surface area contributed by atoms with Crippen LogP contribution in [0.5, 0.6) is 5.75 Å². The fourth-order valence-corrected chi connectivity index (χ4v) is 1.89. The molecule has 2 aromatic rings. The summed E-state index contributed by atoms with van der Waals surface area (Å²) in [6.45, 7) is -0.647. The smallest absolute Gasteiger partial charge is 0.416 e. The summed E-state index contributed by atoms with van der Waals surface area (Å²) < 4.78 is 47.6. The lowest BCUT2D eigenvalue weighted by Crippen LogP contribution is -2.15. The maximum Gasteiger partial charge on any atom is 0.416 e. The van der Waals surface area contributed by atoms with Crippen molar-refractivity contribution in [2.45, 2.75) is 6.18 Å². The van der Waals surface area contributed by atoms with Crippen LogP contribution in [0.3, 0.4) is 0 Å². The Morgan fingerprint density at radius 1 is 1.00 bits per heavy atom. The second-order valence-electron chi connectivity index (χ2n) is 4.81. The summed E-state index contributed by atoms with van der Waals surface area (Å²) in [6, 6.07) is 9.95. The number of hydrogen-bond acceptors (Lipinski definition) is 4. The summed E-state index contributed by atoms with van der Waals surface area (Å²) in [5.41, 5.74) is -0.908. The van der Waals surface area contributed by atoms with Gasteiger partial charge in [-0.25, -0.2) is 4.79 Å². The number of ketones is 1. The van der Waals surface area contributed by atoms with Crippen LogP contribution in [-0.4, -0.2) is 25.5 Å². The van der Waals surface area contributed by atoms with Crippen LogP contribution in [-0.2, 0) is 10.9 Å². The Bertz CT molecular complexity index is 736. The van der Waals surface area contributed by atoms with Gasteiger partial charge in [-0.1, -0.05) is 12.1 Å². The Morgan fingerprint density at radius 2 is 1.67 bits per heavy atom. The quantitative estimate of drug-likeness (QED) is 0.615. The van der Waals surface area contributed by atoms with Gasteiger partial charge in [0, 0.05) is 5.56 Å². The Kier molecular flexibility index (Phi) is 5.23. The molecule has 0 heterocycles. The minimum Gasteiger partial charge on any atom is -0.497 e. The van der Waals surface area contributed by atoms with Crippen LogP contribution in [0.2, 0.25) is 0 Å². The van der Waals surface area contributed by atoms with Gasteiger partial charge >= 0.3 is 12.1 Å². The second kappa shape index (κ2) is 7.16. The molecule has 24 heavy (non-hydrogen) atoms. The SMILES string of the molecule is COc1ccc(C(=O)OCC(=O)c2cccc(C(F)(F)F)c2)cc1. The Labute approximate surface area is 135 Å². The number of halogens is 3. The van der Waals surface area contributed by atoms with Gasteiger partial charge in [-0.05, 0) is 36.4 Å². The van der Waals surface area contributed by atoms with Gasteiger partial charge in [-0.15, -0.1) is 0 Å². The minimum absolute atomic E-state index is 0.174. The molecule has 4 nitrogen and oxygen atoms in total. The monoisotopic (exact) mass is 338 g/mol. The Balaban J connectivity index is 2.01. The van der Waals surface area contributed by atoms with E-state index < -0.39 is 30.1 Å². The van der Waals surface area contributed by atoms with Crippen LogP contribution in [0.25, 0.3) is 0 Å².